The minimum atomic E-state index is -0.635. The molecule has 1 aromatic rings. The third-order valence-electron chi connectivity index (χ3n) is 2.72. The molecule has 1 amide bonds. The quantitative estimate of drug-likeness (QED) is 0.335. The average molecular weight is 299 g/mol. The number of hydrogen-bond acceptors (Lipinski definition) is 7. The molecule has 0 aliphatic carbocycles. The van der Waals surface area contributed by atoms with Crippen molar-refractivity contribution < 1.29 is 4.79 Å². The Bertz CT molecular complexity index is 554. The van der Waals surface area contributed by atoms with Gasteiger partial charge in [0, 0.05) is 6.54 Å². The Hall–Kier alpha value is -2.13. The molecule has 0 aromatic carbocycles. The van der Waals surface area contributed by atoms with Crippen molar-refractivity contribution in [2.45, 2.75) is 12.5 Å². The van der Waals surface area contributed by atoms with Crippen molar-refractivity contribution in [3.63, 3.8) is 0 Å². The molecule has 1 saturated heterocycles. The lowest BCUT2D eigenvalue weighted by Crippen LogP contribution is -2.39. The van der Waals surface area contributed by atoms with Crippen molar-refractivity contribution in [2.24, 2.45) is 10.7 Å². The highest BCUT2D eigenvalue weighted by atomic mass is 35.5. The molecule has 0 bridgehead atoms. The number of aliphatic imine (C=N–C) groups is 1. The molecule has 2 rings (SSSR count). The van der Waals surface area contributed by atoms with Gasteiger partial charge in [0.05, 0.1) is 6.04 Å². The number of nitrogens with two attached hydrogens (primary N) is 3. The van der Waals surface area contributed by atoms with Crippen LogP contribution < -0.4 is 27.8 Å². The lowest BCUT2D eigenvalue weighted by atomic mass is 10.3. The third-order valence-corrected chi connectivity index (χ3v) is 3.00. The van der Waals surface area contributed by atoms with Crippen LogP contribution in [0.5, 0.6) is 0 Å². The first kappa shape index (κ1) is 14.3. The molecule has 20 heavy (non-hydrogen) atoms. The summed E-state index contributed by atoms with van der Waals surface area (Å²) in [4.78, 5) is 23.6. The Labute approximate surface area is 120 Å². The Balaban J connectivity index is 2.09. The van der Waals surface area contributed by atoms with Crippen LogP contribution in [0, 0.1) is 0 Å². The maximum absolute atomic E-state index is 11.9. The van der Waals surface area contributed by atoms with Crippen molar-refractivity contribution in [1.29, 1.82) is 0 Å². The fourth-order valence-corrected chi connectivity index (χ4v) is 1.89. The molecule has 10 heteroatoms. The van der Waals surface area contributed by atoms with Crippen molar-refractivity contribution in [3.8, 4) is 0 Å². The molecule has 1 aromatic heterocycles. The van der Waals surface area contributed by atoms with E-state index in [1.807, 2.05) is 0 Å². The van der Waals surface area contributed by atoms with Gasteiger partial charge in [-0.3, -0.25) is 10.1 Å². The molecule has 0 radical (unpaired) electrons. The van der Waals surface area contributed by atoms with E-state index in [2.05, 4.69) is 25.6 Å². The Morgan fingerprint density at radius 3 is 2.80 bits per heavy atom. The molecular weight excluding hydrogens is 284 g/mol. The predicted molar refractivity (Wildman–Crippen MR) is 76.2 cm³/mol. The second-order valence-electron chi connectivity index (χ2n) is 4.25. The molecule has 1 aliphatic rings. The number of nitrogens with zero attached hydrogens (tertiary/aromatic N) is 3. The second-order valence-corrected chi connectivity index (χ2v) is 4.61. The zero-order chi connectivity index (χ0) is 14.7. The van der Waals surface area contributed by atoms with Crippen LogP contribution in [0.3, 0.4) is 0 Å². The van der Waals surface area contributed by atoms with Crippen LogP contribution in [0.25, 0.3) is 0 Å². The zero-order valence-electron chi connectivity index (χ0n) is 10.6. The molecule has 108 valence electrons. The maximum Gasteiger partial charge on any atom is 0.280 e. The van der Waals surface area contributed by atoms with Gasteiger partial charge in [0.15, 0.2) is 28.4 Å². The smallest absolute Gasteiger partial charge is 0.280 e. The number of nitrogen functional groups attached to an aromatic ring is 2. The van der Waals surface area contributed by atoms with Crippen LogP contribution in [0.1, 0.15) is 16.9 Å². The molecule has 0 saturated carbocycles. The summed E-state index contributed by atoms with van der Waals surface area (Å²) < 4.78 is 0. The number of carbonyl (C=O) groups is 1. The highest BCUT2D eigenvalue weighted by Crippen LogP contribution is 2.17. The summed E-state index contributed by atoms with van der Waals surface area (Å²) >= 11 is 5.70. The molecule has 2 heterocycles. The normalized spacial score (nSPS) is 19.1. The number of carbonyl (C=O) groups excluding carboxylic acids is 1. The number of guanidine groups is 1. The van der Waals surface area contributed by atoms with Crippen molar-refractivity contribution >= 4 is 35.1 Å². The molecule has 0 spiro atoms. The predicted octanol–water partition coefficient (Wildman–Crippen LogP) is -1.30. The van der Waals surface area contributed by atoms with E-state index in [4.69, 9.17) is 28.8 Å². The van der Waals surface area contributed by atoms with E-state index in [1.54, 1.807) is 0 Å². The number of nitrogens with one attached hydrogen (secondary N) is 2. The van der Waals surface area contributed by atoms with Crippen molar-refractivity contribution in [1.82, 2.24) is 20.6 Å². The van der Waals surface area contributed by atoms with E-state index in [1.165, 1.54) is 0 Å². The van der Waals surface area contributed by atoms with Gasteiger partial charge in [0.2, 0.25) is 0 Å². The summed E-state index contributed by atoms with van der Waals surface area (Å²) in [6.07, 6.45) is 0.867. The molecule has 1 aliphatic heterocycles. The van der Waals surface area contributed by atoms with Gasteiger partial charge in [-0.25, -0.2) is 15.0 Å². The first-order valence-corrected chi connectivity index (χ1v) is 6.29. The summed E-state index contributed by atoms with van der Waals surface area (Å²) in [6, 6.07) is 0.0498. The van der Waals surface area contributed by atoms with Crippen LogP contribution in [-0.2, 0) is 0 Å². The van der Waals surface area contributed by atoms with Gasteiger partial charge in [0.1, 0.15) is 0 Å². The molecule has 9 nitrogen and oxygen atoms in total. The lowest BCUT2D eigenvalue weighted by Gasteiger charge is -2.08. The first-order chi connectivity index (χ1) is 9.47. The van der Waals surface area contributed by atoms with Gasteiger partial charge in [-0.05, 0) is 13.0 Å². The van der Waals surface area contributed by atoms with Crippen LogP contribution in [-0.4, -0.2) is 41.0 Å². The first-order valence-electron chi connectivity index (χ1n) is 5.91. The van der Waals surface area contributed by atoms with Crippen LogP contribution in [0.15, 0.2) is 4.99 Å². The van der Waals surface area contributed by atoms with Crippen molar-refractivity contribution in [2.75, 3.05) is 24.6 Å². The van der Waals surface area contributed by atoms with Gasteiger partial charge >= 0.3 is 0 Å². The third kappa shape index (κ3) is 3.25. The summed E-state index contributed by atoms with van der Waals surface area (Å²) in [5, 5.41) is 5.43. The summed E-state index contributed by atoms with van der Waals surface area (Å²) in [5.74, 6) is -0.805. The summed E-state index contributed by atoms with van der Waals surface area (Å²) in [7, 11) is 0. The number of amides is 1. The van der Waals surface area contributed by atoms with E-state index in [0.29, 0.717) is 0 Å². The standard InChI is InChI=1S/C10H15ClN8O/c11-6-8(13)18-7(12)5(17-6)9(20)19-10(14)16-4-1-2-15-3-4/h4,15H,1-3H2,(H4,12,13,18)(H3,14,16,19,20). The Kier molecular flexibility index (Phi) is 4.20. The average Bonchev–Trinajstić information content (AvgIpc) is 2.86. The van der Waals surface area contributed by atoms with E-state index < -0.39 is 5.91 Å². The number of anilines is 2. The maximum atomic E-state index is 11.9. The minimum absolute atomic E-state index is 0.00199. The summed E-state index contributed by atoms with van der Waals surface area (Å²) in [5.41, 5.74) is 16.5. The van der Waals surface area contributed by atoms with Crippen LogP contribution in [0.4, 0.5) is 11.6 Å². The SMILES string of the molecule is NC(=NC1CCNC1)NC(=O)c1nc(Cl)c(N)nc1N. The minimum Gasteiger partial charge on any atom is -0.382 e. The summed E-state index contributed by atoms with van der Waals surface area (Å²) in [6.45, 7) is 1.60. The van der Waals surface area contributed by atoms with Gasteiger partial charge in [0.25, 0.3) is 5.91 Å². The van der Waals surface area contributed by atoms with E-state index >= 15 is 0 Å². The molecule has 1 atom stereocenters. The van der Waals surface area contributed by atoms with Crippen LogP contribution in [0.2, 0.25) is 5.15 Å². The number of hydrogen-bond donors (Lipinski definition) is 5. The van der Waals surface area contributed by atoms with Gasteiger partial charge < -0.3 is 22.5 Å². The Morgan fingerprint density at radius 1 is 1.40 bits per heavy atom. The fourth-order valence-electron chi connectivity index (χ4n) is 1.76. The Morgan fingerprint density at radius 2 is 2.15 bits per heavy atom. The van der Waals surface area contributed by atoms with E-state index in [-0.39, 0.29) is 34.5 Å². The van der Waals surface area contributed by atoms with Crippen molar-refractivity contribution in [3.05, 3.63) is 10.8 Å². The highest BCUT2D eigenvalue weighted by molar-refractivity contribution is 6.31. The zero-order valence-corrected chi connectivity index (χ0v) is 11.3. The lowest BCUT2D eigenvalue weighted by molar-refractivity contribution is 0.0972. The van der Waals surface area contributed by atoms with E-state index in [9.17, 15) is 4.79 Å². The second kappa shape index (κ2) is 5.88. The highest BCUT2D eigenvalue weighted by Gasteiger charge is 2.18. The monoisotopic (exact) mass is 298 g/mol. The number of rotatable bonds is 2. The molecular formula is C10H15ClN8O. The van der Waals surface area contributed by atoms with Crippen LogP contribution >= 0.6 is 11.6 Å². The van der Waals surface area contributed by atoms with Gasteiger partial charge in [-0.1, -0.05) is 11.6 Å². The fraction of sp³-hybridized carbons (Fsp3) is 0.400. The molecule has 1 unspecified atom stereocenters. The van der Waals surface area contributed by atoms with Gasteiger partial charge in [-0.2, -0.15) is 0 Å². The largest absolute Gasteiger partial charge is 0.382 e. The number of halogens is 1. The van der Waals surface area contributed by atoms with Gasteiger partial charge in [-0.15, -0.1) is 0 Å². The molecule has 8 N–H and O–H groups in total. The topological polar surface area (TPSA) is 157 Å². The number of aromatic nitrogens is 2. The van der Waals surface area contributed by atoms with E-state index in [0.717, 1.165) is 19.5 Å². The molecule has 1 fully saturated rings.